The van der Waals surface area contributed by atoms with Gasteiger partial charge in [-0.1, -0.05) is 71.1 Å². The van der Waals surface area contributed by atoms with Gasteiger partial charge in [0.15, 0.2) is 0 Å². The van der Waals surface area contributed by atoms with E-state index in [0.29, 0.717) is 32.7 Å². The second-order valence-corrected chi connectivity index (χ2v) is 15.1. The van der Waals surface area contributed by atoms with Crippen LogP contribution >= 0.6 is 0 Å². The third-order valence-electron chi connectivity index (χ3n) is 9.28. The van der Waals surface area contributed by atoms with Crippen molar-refractivity contribution < 1.29 is 76.9 Å². The molecule has 0 aromatic rings. The van der Waals surface area contributed by atoms with Crippen molar-refractivity contribution in [3.63, 3.8) is 0 Å². The Bertz CT molecular complexity index is 1250. The predicted octanol–water partition coefficient (Wildman–Crippen LogP) is 1.87. The van der Waals surface area contributed by atoms with Crippen molar-refractivity contribution in [2.24, 2.45) is 0 Å². The van der Waals surface area contributed by atoms with Crippen molar-refractivity contribution in [3.8, 4) is 0 Å². The van der Waals surface area contributed by atoms with Gasteiger partial charge in [0.05, 0.1) is 66.1 Å². The average Bonchev–Trinajstić information content (AvgIpc) is 3.27. The first-order valence-corrected chi connectivity index (χ1v) is 23.4. The lowest BCUT2D eigenvalue weighted by atomic mass is 10.0. The first kappa shape index (κ1) is 61.0. The van der Waals surface area contributed by atoms with E-state index in [9.17, 15) is 38.7 Å². The summed E-state index contributed by atoms with van der Waals surface area (Å²) in [7, 11) is 0. The third-order valence-corrected chi connectivity index (χ3v) is 9.28. The molecule has 21 heteroatoms. The van der Waals surface area contributed by atoms with E-state index in [1.54, 1.807) is 0 Å². The van der Waals surface area contributed by atoms with Gasteiger partial charge in [-0.15, -0.1) is 0 Å². The van der Waals surface area contributed by atoms with E-state index in [1.165, 1.54) is 19.3 Å². The molecule has 0 radical (unpaired) electrons. The number of amides is 5. The molecule has 0 aromatic heterocycles. The number of carboxylic acid groups (broad SMARTS) is 2. The second kappa shape index (κ2) is 46.5. The highest BCUT2D eigenvalue weighted by atomic mass is 16.5. The molecular weight excluding hydrogens is 855 g/mol. The summed E-state index contributed by atoms with van der Waals surface area (Å²) in [6, 6.07) is -1.15. The molecule has 1 atom stereocenters. The number of unbranched alkanes of at least 4 members (excludes halogenated alkanes) is 11. The van der Waals surface area contributed by atoms with Crippen LogP contribution in [0.1, 0.15) is 116 Å². The van der Waals surface area contributed by atoms with E-state index < -0.39 is 18.0 Å². The predicted molar refractivity (Wildman–Crippen MR) is 239 cm³/mol. The SMILES string of the molecule is CCCOCCNC(=O)COCCOCCNC(=O)COCCOCCNC(=O)COCCOCCNC(=O)CC[C@H](NC(=O)CCCCCCCCCCCCCCC(=O)O)C(=O)O. The number of ether oxygens (including phenoxy) is 7. The van der Waals surface area contributed by atoms with E-state index in [-0.39, 0.29) is 148 Å². The van der Waals surface area contributed by atoms with Crippen LogP contribution < -0.4 is 26.6 Å². The minimum Gasteiger partial charge on any atom is -0.481 e. The average molecular weight is 936 g/mol. The molecule has 0 unspecified atom stereocenters. The van der Waals surface area contributed by atoms with Crippen LogP contribution in [0, 0.1) is 0 Å². The lowest BCUT2D eigenvalue weighted by Gasteiger charge is -2.14. The number of hydrogen-bond donors (Lipinski definition) is 7. The molecule has 0 aromatic carbocycles. The lowest BCUT2D eigenvalue weighted by Crippen LogP contribution is -2.41. The van der Waals surface area contributed by atoms with Crippen LogP contribution in [0.25, 0.3) is 0 Å². The molecule has 21 nitrogen and oxygen atoms in total. The van der Waals surface area contributed by atoms with Gasteiger partial charge in [-0.25, -0.2) is 4.79 Å². The molecule has 0 aliphatic heterocycles. The van der Waals surface area contributed by atoms with Crippen LogP contribution in [0.5, 0.6) is 0 Å². The zero-order valence-corrected chi connectivity index (χ0v) is 38.9. The highest BCUT2D eigenvalue weighted by Crippen LogP contribution is 2.13. The summed E-state index contributed by atoms with van der Waals surface area (Å²) in [5.74, 6) is -3.48. The Kier molecular flexibility index (Phi) is 43.7. The molecule has 0 saturated heterocycles. The van der Waals surface area contributed by atoms with Crippen molar-refractivity contribution in [1.82, 2.24) is 26.6 Å². The Balaban J connectivity index is 3.61. The number of rotatable bonds is 49. The highest BCUT2D eigenvalue weighted by molar-refractivity contribution is 5.84. The summed E-state index contributed by atoms with van der Waals surface area (Å²) in [6.07, 6.45) is 13.6. The Hall–Kier alpha value is -3.99. The number of carbonyl (C=O) groups excluding carboxylic acids is 5. The van der Waals surface area contributed by atoms with Crippen molar-refractivity contribution in [2.75, 3.05) is 119 Å². The van der Waals surface area contributed by atoms with Gasteiger partial charge in [-0.2, -0.15) is 0 Å². The van der Waals surface area contributed by atoms with E-state index in [1.807, 2.05) is 6.92 Å². The summed E-state index contributed by atoms with van der Waals surface area (Å²) < 4.78 is 37.2. The molecule has 0 heterocycles. The fourth-order valence-electron chi connectivity index (χ4n) is 5.82. The van der Waals surface area contributed by atoms with Crippen LogP contribution in [0.3, 0.4) is 0 Å². The van der Waals surface area contributed by atoms with E-state index in [4.69, 9.17) is 38.3 Å². The second-order valence-electron chi connectivity index (χ2n) is 15.1. The molecular formula is C44H81N5O16. The van der Waals surface area contributed by atoms with Crippen molar-refractivity contribution in [2.45, 2.75) is 122 Å². The first-order valence-electron chi connectivity index (χ1n) is 23.4. The van der Waals surface area contributed by atoms with Gasteiger partial charge in [0.1, 0.15) is 25.9 Å². The number of carboxylic acids is 2. The minimum atomic E-state index is -1.19. The topological polar surface area (TPSA) is 285 Å². The molecule has 0 aliphatic rings. The maximum atomic E-state index is 12.3. The molecule has 378 valence electrons. The lowest BCUT2D eigenvalue weighted by molar-refractivity contribution is -0.142. The van der Waals surface area contributed by atoms with Crippen molar-refractivity contribution in [3.05, 3.63) is 0 Å². The Morgan fingerprint density at radius 1 is 0.385 bits per heavy atom. The van der Waals surface area contributed by atoms with Gasteiger partial charge in [-0.05, 0) is 25.7 Å². The smallest absolute Gasteiger partial charge is 0.326 e. The summed E-state index contributed by atoms with van der Waals surface area (Å²) in [4.78, 5) is 82.1. The normalized spacial score (nSPS) is 11.5. The summed E-state index contributed by atoms with van der Waals surface area (Å²) in [5, 5.41) is 31.3. The number of carbonyl (C=O) groups is 7. The van der Waals surface area contributed by atoms with Crippen molar-refractivity contribution >= 4 is 41.5 Å². The molecule has 65 heavy (non-hydrogen) atoms. The van der Waals surface area contributed by atoms with Gasteiger partial charge in [0.25, 0.3) is 0 Å². The van der Waals surface area contributed by atoms with Crippen LogP contribution in [0.15, 0.2) is 0 Å². The first-order chi connectivity index (χ1) is 31.5. The Morgan fingerprint density at radius 3 is 1.09 bits per heavy atom. The molecule has 0 bridgehead atoms. The van der Waals surface area contributed by atoms with Gasteiger partial charge in [0.2, 0.25) is 29.5 Å². The van der Waals surface area contributed by atoms with Gasteiger partial charge < -0.3 is 70.0 Å². The van der Waals surface area contributed by atoms with Crippen LogP contribution in [0.2, 0.25) is 0 Å². The van der Waals surface area contributed by atoms with Crippen LogP contribution in [-0.2, 0) is 66.7 Å². The zero-order chi connectivity index (χ0) is 47.9. The quantitative estimate of drug-likeness (QED) is 0.0429. The standard InChI is InChI=1S/C44H81N5O16/c1-2-23-59-24-20-46-40(52)34-64-32-29-61-26-22-48-42(54)36-65-33-30-62-27-21-47-41(53)35-63-31-28-60-25-19-45-38(50)18-17-37(44(57)58)49-39(51)15-13-11-9-7-5-3-4-6-8-10-12-14-16-43(55)56/h37H,2-36H2,1H3,(H,45,50)(H,46,52)(H,47,53)(H,48,54)(H,49,51)(H,55,56)(H,57,58)/t37-/m0/s1. The zero-order valence-electron chi connectivity index (χ0n) is 38.9. The molecule has 0 aliphatic carbocycles. The highest BCUT2D eigenvalue weighted by Gasteiger charge is 2.21. The maximum Gasteiger partial charge on any atom is 0.326 e. The Labute approximate surface area is 385 Å². The van der Waals surface area contributed by atoms with Crippen molar-refractivity contribution in [1.29, 1.82) is 0 Å². The molecule has 0 spiro atoms. The monoisotopic (exact) mass is 936 g/mol. The van der Waals surface area contributed by atoms with Gasteiger partial charge >= 0.3 is 11.9 Å². The fraction of sp³-hybridized carbons (Fsp3) is 0.841. The molecule has 0 rings (SSSR count). The van der Waals surface area contributed by atoms with E-state index >= 15 is 0 Å². The third kappa shape index (κ3) is 46.3. The number of nitrogens with one attached hydrogen (secondary N) is 5. The van der Waals surface area contributed by atoms with Gasteiger partial charge in [-0.3, -0.25) is 28.8 Å². The summed E-state index contributed by atoms with van der Waals surface area (Å²) in [5.41, 5.74) is 0. The van der Waals surface area contributed by atoms with Crippen LogP contribution in [-0.4, -0.2) is 176 Å². The Morgan fingerprint density at radius 2 is 0.723 bits per heavy atom. The maximum absolute atomic E-state index is 12.3. The van der Waals surface area contributed by atoms with Gasteiger partial charge in [0, 0.05) is 52.0 Å². The van der Waals surface area contributed by atoms with E-state index in [2.05, 4.69) is 26.6 Å². The molecule has 5 amide bonds. The van der Waals surface area contributed by atoms with E-state index in [0.717, 1.165) is 57.8 Å². The largest absolute Gasteiger partial charge is 0.481 e. The number of aliphatic carboxylic acids is 2. The fourth-order valence-corrected chi connectivity index (χ4v) is 5.82. The number of hydrogen-bond acceptors (Lipinski definition) is 14. The minimum absolute atomic E-state index is 0.0360. The summed E-state index contributed by atoms with van der Waals surface area (Å²) >= 11 is 0. The molecule has 0 fully saturated rings. The molecule has 0 saturated carbocycles. The summed E-state index contributed by atoms with van der Waals surface area (Å²) in [6.45, 7) is 5.99. The van der Waals surface area contributed by atoms with Crippen LogP contribution in [0.4, 0.5) is 0 Å². The molecule has 7 N–H and O–H groups in total.